The zero-order chi connectivity index (χ0) is 14.7. The Bertz CT molecular complexity index is 437. The Morgan fingerprint density at radius 3 is 2.52 bits per heavy atom. The summed E-state index contributed by atoms with van der Waals surface area (Å²) in [5.74, 6) is 0. The highest BCUT2D eigenvalue weighted by Gasteiger charge is 2.30. The fraction of sp³-hybridized carbons (Fsp3) is 0.667. The number of rotatable bonds is 5. The van der Waals surface area contributed by atoms with E-state index in [0.717, 1.165) is 13.1 Å². The lowest BCUT2D eigenvalue weighted by Crippen LogP contribution is -2.51. The van der Waals surface area contributed by atoms with Gasteiger partial charge in [-0.1, -0.05) is 18.2 Å². The van der Waals surface area contributed by atoms with Crippen LogP contribution in [-0.4, -0.2) is 49.2 Å². The summed E-state index contributed by atoms with van der Waals surface area (Å²) >= 11 is 0. The largest absolute Gasteiger partial charge is 0.370 e. The molecular formula is C18H29N3. The van der Waals surface area contributed by atoms with Crippen molar-refractivity contribution in [2.24, 2.45) is 0 Å². The van der Waals surface area contributed by atoms with Crippen LogP contribution in [0.5, 0.6) is 0 Å². The standard InChI is InChI=1S/C18H29N3/c1-18(2,21-11-6-7-12-21)15-19-16-10-13-20(14-16)17-8-4-3-5-9-17/h3-5,8-9,16,19H,6-7,10-15H2,1-2H3/t16-/m1/s1. The zero-order valence-electron chi connectivity index (χ0n) is 13.5. The van der Waals surface area contributed by atoms with Crippen LogP contribution in [0.25, 0.3) is 0 Å². The van der Waals surface area contributed by atoms with E-state index in [4.69, 9.17) is 0 Å². The lowest BCUT2D eigenvalue weighted by molar-refractivity contribution is 0.148. The summed E-state index contributed by atoms with van der Waals surface area (Å²) in [5.41, 5.74) is 1.65. The minimum absolute atomic E-state index is 0.288. The normalized spacial score (nSPS) is 23.9. The van der Waals surface area contributed by atoms with Crippen molar-refractivity contribution < 1.29 is 0 Å². The third-order valence-electron chi connectivity index (χ3n) is 5.10. The Labute approximate surface area is 129 Å². The molecule has 0 unspecified atom stereocenters. The molecule has 1 atom stereocenters. The summed E-state index contributed by atoms with van der Waals surface area (Å²) in [6.07, 6.45) is 3.99. The second-order valence-electron chi connectivity index (χ2n) is 7.15. The van der Waals surface area contributed by atoms with Crippen LogP contribution in [0.4, 0.5) is 5.69 Å². The van der Waals surface area contributed by atoms with Gasteiger partial charge in [0.05, 0.1) is 0 Å². The predicted octanol–water partition coefficient (Wildman–Crippen LogP) is 2.73. The SMILES string of the molecule is CC(C)(CN[C@@H]1CCN(c2ccccc2)C1)N1CCCC1. The van der Waals surface area contributed by atoms with Gasteiger partial charge in [0, 0.05) is 36.9 Å². The van der Waals surface area contributed by atoms with E-state index in [2.05, 4.69) is 59.3 Å². The molecule has 1 N–H and O–H groups in total. The maximum Gasteiger partial charge on any atom is 0.0366 e. The summed E-state index contributed by atoms with van der Waals surface area (Å²) < 4.78 is 0. The molecule has 0 saturated carbocycles. The highest BCUT2D eigenvalue weighted by atomic mass is 15.2. The van der Waals surface area contributed by atoms with Gasteiger partial charge in [-0.15, -0.1) is 0 Å². The van der Waals surface area contributed by atoms with Crippen LogP contribution < -0.4 is 10.2 Å². The van der Waals surface area contributed by atoms with Crippen LogP contribution in [0.15, 0.2) is 30.3 Å². The first-order chi connectivity index (χ1) is 10.1. The molecule has 0 amide bonds. The molecule has 3 heteroatoms. The van der Waals surface area contributed by atoms with Crippen LogP contribution in [0, 0.1) is 0 Å². The molecular weight excluding hydrogens is 258 g/mol. The van der Waals surface area contributed by atoms with Crippen molar-refractivity contribution in [1.82, 2.24) is 10.2 Å². The minimum Gasteiger partial charge on any atom is -0.370 e. The van der Waals surface area contributed by atoms with Gasteiger partial charge in [-0.3, -0.25) is 4.90 Å². The summed E-state index contributed by atoms with van der Waals surface area (Å²) in [6, 6.07) is 11.4. The molecule has 0 spiro atoms. The Hall–Kier alpha value is -1.06. The van der Waals surface area contributed by atoms with Gasteiger partial charge >= 0.3 is 0 Å². The molecule has 3 rings (SSSR count). The fourth-order valence-electron chi connectivity index (χ4n) is 3.63. The maximum atomic E-state index is 3.82. The number of hydrogen-bond donors (Lipinski definition) is 1. The second kappa shape index (κ2) is 6.37. The Morgan fingerprint density at radius 1 is 1.10 bits per heavy atom. The van der Waals surface area contributed by atoms with Crippen molar-refractivity contribution in [2.75, 3.05) is 37.6 Å². The average Bonchev–Trinajstić information content (AvgIpc) is 3.18. The summed E-state index contributed by atoms with van der Waals surface area (Å²) in [4.78, 5) is 5.14. The van der Waals surface area contributed by atoms with E-state index in [1.807, 2.05) is 0 Å². The summed E-state index contributed by atoms with van der Waals surface area (Å²) in [7, 11) is 0. The van der Waals surface area contributed by atoms with E-state index < -0.39 is 0 Å². The number of hydrogen-bond acceptors (Lipinski definition) is 3. The lowest BCUT2D eigenvalue weighted by Gasteiger charge is -2.36. The highest BCUT2D eigenvalue weighted by molar-refractivity contribution is 5.47. The topological polar surface area (TPSA) is 18.5 Å². The van der Waals surface area contributed by atoms with Crippen LogP contribution >= 0.6 is 0 Å². The van der Waals surface area contributed by atoms with Gasteiger partial charge in [-0.05, 0) is 58.3 Å². The number of para-hydroxylation sites is 1. The van der Waals surface area contributed by atoms with Gasteiger partial charge in [0.15, 0.2) is 0 Å². The monoisotopic (exact) mass is 287 g/mol. The summed E-state index contributed by atoms with van der Waals surface area (Å²) in [6.45, 7) is 10.7. The minimum atomic E-state index is 0.288. The van der Waals surface area contributed by atoms with Gasteiger partial charge in [0.1, 0.15) is 0 Å². The number of benzene rings is 1. The van der Waals surface area contributed by atoms with Crippen molar-refractivity contribution in [3.05, 3.63) is 30.3 Å². The van der Waals surface area contributed by atoms with Crippen molar-refractivity contribution >= 4 is 5.69 Å². The van der Waals surface area contributed by atoms with Gasteiger partial charge < -0.3 is 10.2 Å². The molecule has 3 nitrogen and oxygen atoms in total. The van der Waals surface area contributed by atoms with E-state index >= 15 is 0 Å². The first-order valence-corrected chi connectivity index (χ1v) is 8.44. The smallest absolute Gasteiger partial charge is 0.0366 e. The first kappa shape index (κ1) is 14.9. The third-order valence-corrected chi connectivity index (χ3v) is 5.10. The molecule has 116 valence electrons. The zero-order valence-corrected chi connectivity index (χ0v) is 13.5. The van der Waals surface area contributed by atoms with Crippen molar-refractivity contribution in [3.8, 4) is 0 Å². The number of nitrogens with zero attached hydrogens (tertiary/aromatic N) is 2. The molecule has 1 aromatic rings. The van der Waals surface area contributed by atoms with Gasteiger partial charge in [0.2, 0.25) is 0 Å². The molecule has 2 heterocycles. The van der Waals surface area contributed by atoms with E-state index in [1.54, 1.807) is 0 Å². The molecule has 2 fully saturated rings. The maximum absolute atomic E-state index is 3.82. The number of nitrogens with one attached hydrogen (secondary N) is 1. The molecule has 1 aromatic carbocycles. The lowest BCUT2D eigenvalue weighted by atomic mass is 10.0. The van der Waals surface area contributed by atoms with E-state index in [-0.39, 0.29) is 5.54 Å². The van der Waals surface area contributed by atoms with Crippen molar-refractivity contribution in [2.45, 2.75) is 44.7 Å². The van der Waals surface area contributed by atoms with E-state index in [0.29, 0.717) is 6.04 Å². The van der Waals surface area contributed by atoms with Crippen LogP contribution in [-0.2, 0) is 0 Å². The highest BCUT2D eigenvalue weighted by Crippen LogP contribution is 2.22. The molecule has 0 aromatic heterocycles. The Balaban J connectivity index is 1.49. The van der Waals surface area contributed by atoms with E-state index in [9.17, 15) is 0 Å². The van der Waals surface area contributed by atoms with Crippen LogP contribution in [0.1, 0.15) is 33.1 Å². The predicted molar refractivity (Wildman–Crippen MR) is 89.9 cm³/mol. The van der Waals surface area contributed by atoms with Gasteiger partial charge in [-0.25, -0.2) is 0 Å². The van der Waals surface area contributed by atoms with Crippen molar-refractivity contribution in [3.63, 3.8) is 0 Å². The van der Waals surface area contributed by atoms with Crippen molar-refractivity contribution in [1.29, 1.82) is 0 Å². The molecule has 2 aliphatic heterocycles. The summed E-state index contributed by atoms with van der Waals surface area (Å²) in [5, 5.41) is 3.82. The fourth-order valence-corrected chi connectivity index (χ4v) is 3.63. The quantitative estimate of drug-likeness (QED) is 0.898. The van der Waals surface area contributed by atoms with Crippen LogP contribution in [0.3, 0.4) is 0 Å². The van der Waals surface area contributed by atoms with Gasteiger partial charge in [0.25, 0.3) is 0 Å². The Kier molecular flexibility index (Phi) is 4.51. The molecule has 2 aliphatic rings. The third kappa shape index (κ3) is 3.58. The Morgan fingerprint density at radius 2 is 1.81 bits per heavy atom. The number of likely N-dealkylation sites (tertiary alicyclic amines) is 1. The molecule has 0 bridgehead atoms. The first-order valence-electron chi connectivity index (χ1n) is 8.44. The molecule has 0 aliphatic carbocycles. The van der Waals surface area contributed by atoms with Gasteiger partial charge in [-0.2, -0.15) is 0 Å². The molecule has 0 radical (unpaired) electrons. The molecule has 21 heavy (non-hydrogen) atoms. The van der Waals surface area contributed by atoms with Crippen LogP contribution in [0.2, 0.25) is 0 Å². The molecule has 2 saturated heterocycles. The van der Waals surface area contributed by atoms with E-state index in [1.165, 1.54) is 44.6 Å². The second-order valence-corrected chi connectivity index (χ2v) is 7.15. The average molecular weight is 287 g/mol. The number of anilines is 1.